The topological polar surface area (TPSA) is 50.8 Å². The Kier molecular flexibility index (Phi) is 7.48. The van der Waals surface area contributed by atoms with E-state index < -0.39 is 5.54 Å². The molecule has 1 N–H and O–H groups in total. The fourth-order valence-electron chi connectivity index (χ4n) is 2.72. The van der Waals surface area contributed by atoms with E-state index >= 15 is 0 Å². The minimum Gasteiger partial charge on any atom is -0.468 e. The first-order valence-electron chi connectivity index (χ1n) is 7.61. The zero-order valence-electron chi connectivity index (χ0n) is 13.4. The van der Waals surface area contributed by atoms with Crippen LogP contribution in [0.15, 0.2) is 0 Å². The normalized spacial score (nSPS) is 18.1. The lowest BCUT2D eigenvalue weighted by Gasteiger charge is -2.36. The Morgan fingerprint density at radius 2 is 2.10 bits per heavy atom. The van der Waals surface area contributed by atoms with Crippen LogP contribution in [0.25, 0.3) is 0 Å². The first-order valence-corrected chi connectivity index (χ1v) is 7.61. The number of esters is 1. The van der Waals surface area contributed by atoms with Gasteiger partial charge in [0.1, 0.15) is 5.54 Å². The molecule has 0 amide bonds. The van der Waals surface area contributed by atoms with Gasteiger partial charge >= 0.3 is 5.97 Å². The van der Waals surface area contributed by atoms with Crippen LogP contribution in [0.5, 0.6) is 0 Å². The van der Waals surface area contributed by atoms with E-state index in [1.54, 1.807) is 7.11 Å². The molecule has 0 aromatic heterocycles. The summed E-state index contributed by atoms with van der Waals surface area (Å²) in [7, 11) is 5.26. The van der Waals surface area contributed by atoms with Crippen LogP contribution < -0.4 is 5.32 Å². The van der Waals surface area contributed by atoms with Gasteiger partial charge in [-0.05, 0) is 45.2 Å². The molecule has 0 aliphatic heterocycles. The molecular weight excluding hydrogens is 256 g/mol. The molecule has 5 heteroatoms. The van der Waals surface area contributed by atoms with Gasteiger partial charge in [-0.3, -0.25) is 0 Å². The second-order valence-electron chi connectivity index (χ2n) is 5.75. The lowest BCUT2D eigenvalue weighted by molar-refractivity contribution is -0.150. The molecule has 1 fully saturated rings. The number of hydrogen-bond donors (Lipinski definition) is 1. The molecule has 1 aliphatic rings. The van der Waals surface area contributed by atoms with Crippen molar-refractivity contribution in [3.63, 3.8) is 0 Å². The third kappa shape index (κ3) is 4.72. The van der Waals surface area contributed by atoms with Gasteiger partial charge in [-0.1, -0.05) is 6.92 Å². The number of rotatable bonds is 11. The molecule has 0 bridgehead atoms. The number of hydrogen-bond acceptors (Lipinski definition) is 5. The first-order chi connectivity index (χ1) is 9.60. The SMILES string of the molecule is CCCNC(CN(C)CCCOC)(C(=O)OC)C1CC1. The van der Waals surface area contributed by atoms with Gasteiger partial charge in [0, 0.05) is 26.8 Å². The highest BCUT2D eigenvalue weighted by molar-refractivity contribution is 5.82. The Hall–Kier alpha value is -0.650. The van der Waals surface area contributed by atoms with Crippen molar-refractivity contribution in [2.45, 2.75) is 38.1 Å². The molecule has 20 heavy (non-hydrogen) atoms. The summed E-state index contributed by atoms with van der Waals surface area (Å²) in [6.45, 7) is 5.34. The Labute approximate surface area is 123 Å². The average molecular weight is 286 g/mol. The van der Waals surface area contributed by atoms with Crippen molar-refractivity contribution in [1.29, 1.82) is 0 Å². The summed E-state index contributed by atoms with van der Waals surface area (Å²) in [4.78, 5) is 14.6. The van der Waals surface area contributed by atoms with Crippen molar-refractivity contribution in [2.24, 2.45) is 5.92 Å². The van der Waals surface area contributed by atoms with Gasteiger partial charge in [0.25, 0.3) is 0 Å². The Morgan fingerprint density at radius 3 is 2.60 bits per heavy atom. The molecule has 0 aromatic rings. The summed E-state index contributed by atoms with van der Waals surface area (Å²) in [5.41, 5.74) is -0.535. The number of carbonyl (C=O) groups is 1. The zero-order chi connectivity index (χ0) is 15.0. The van der Waals surface area contributed by atoms with Crippen molar-refractivity contribution in [3.05, 3.63) is 0 Å². The Bertz CT molecular complexity index is 295. The molecule has 0 heterocycles. The molecular formula is C15H30N2O3. The standard InChI is InChI=1S/C15H30N2O3/c1-5-9-16-15(13-7-8-13,14(18)20-4)12-17(2)10-6-11-19-3/h13,16H,5-12H2,1-4H3. The number of methoxy groups -OCH3 is 2. The molecule has 5 nitrogen and oxygen atoms in total. The summed E-state index contributed by atoms with van der Waals surface area (Å²) < 4.78 is 10.2. The smallest absolute Gasteiger partial charge is 0.327 e. The van der Waals surface area contributed by atoms with E-state index in [2.05, 4.69) is 24.2 Å². The van der Waals surface area contributed by atoms with Crippen LogP contribution in [0.4, 0.5) is 0 Å². The minimum atomic E-state index is -0.535. The quantitative estimate of drug-likeness (QED) is 0.458. The number of carbonyl (C=O) groups excluding carboxylic acids is 1. The van der Waals surface area contributed by atoms with E-state index in [9.17, 15) is 4.79 Å². The number of likely N-dealkylation sites (N-methyl/N-ethyl adjacent to an activating group) is 1. The van der Waals surface area contributed by atoms with E-state index in [4.69, 9.17) is 9.47 Å². The van der Waals surface area contributed by atoms with Crippen molar-refractivity contribution in [1.82, 2.24) is 10.2 Å². The maximum Gasteiger partial charge on any atom is 0.327 e. The zero-order valence-corrected chi connectivity index (χ0v) is 13.4. The fourth-order valence-corrected chi connectivity index (χ4v) is 2.72. The van der Waals surface area contributed by atoms with Crippen LogP contribution in [-0.2, 0) is 14.3 Å². The van der Waals surface area contributed by atoms with E-state index in [-0.39, 0.29) is 5.97 Å². The van der Waals surface area contributed by atoms with Gasteiger partial charge in [-0.15, -0.1) is 0 Å². The van der Waals surface area contributed by atoms with Crippen molar-refractivity contribution >= 4 is 5.97 Å². The van der Waals surface area contributed by atoms with Gasteiger partial charge in [-0.2, -0.15) is 0 Å². The number of nitrogens with zero attached hydrogens (tertiary/aromatic N) is 1. The van der Waals surface area contributed by atoms with Gasteiger partial charge in [0.2, 0.25) is 0 Å². The highest BCUT2D eigenvalue weighted by atomic mass is 16.5. The summed E-state index contributed by atoms with van der Waals surface area (Å²) >= 11 is 0. The van der Waals surface area contributed by atoms with Crippen LogP contribution in [0.1, 0.15) is 32.6 Å². The maximum absolute atomic E-state index is 12.4. The fraction of sp³-hybridized carbons (Fsp3) is 0.933. The highest BCUT2D eigenvalue weighted by Crippen LogP contribution is 2.41. The average Bonchev–Trinajstić information content (AvgIpc) is 3.27. The van der Waals surface area contributed by atoms with Crippen molar-refractivity contribution in [2.75, 3.05) is 47.5 Å². The molecule has 1 atom stereocenters. The second kappa shape index (κ2) is 8.60. The monoisotopic (exact) mass is 286 g/mol. The molecule has 118 valence electrons. The van der Waals surface area contributed by atoms with Crippen LogP contribution >= 0.6 is 0 Å². The second-order valence-corrected chi connectivity index (χ2v) is 5.75. The van der Waals surface area contributed by atoms with Gasteiger partial charge in [0.05, 0.1) is 7.11 Å². The molecule has 1 aliphatic carbocycles. The molecule has 0 saturated heterocycles. The third-order valence-corrected chi connectivity index (χ3v) is 3.92. The van der Waals surface area contributed by atoms with Crippen LogP contribution in [-0.4, -0.2) is 63.9 Å². The number of nitrogens with one attached hydrogen (secondary N) is 1. The van der Waals surface area contributed by atoms with Crippen LogP contribution in [0, 0.1) is 5.92 Å². The lowest BCUT2D eigenvalue weighted by atomic mass is 9.92. The molecule has 1 rings (SSSR count). The van der Waals surface area contributed by atoms with E-state index in [0.29, 0.717) is 12.5 Å². The third-order valence-electron chi connectivity index (χ3n) is 3.92. The van der Waals surface area contributed by atoms with Gasteiger partial charge < -0.3 is 19.7 Å². The minimum absolute atomic E-state index is 0.118. The summed E-state index contributed by atoms with van der Waals surface area (Å²) in [5, 5.41) is 3.47. The molecule has 0 aromatic carbocycles. The first kappa shape index (κ1) is 17.4. The van der Waals surface area contributed by atoms with E-state index in [1.165, 1.54) is 7.11 Å². The Morgan fingerprint density at radius 1 is 1.40 bits per heavy atom. The largest absolute Gasteiger partial charge is 0.468 e. The van der Waals surface area contributed by atoms with Gasteiger partial charge in [-0.25, -0.2) is 4.79 Å². The Balaban J connectivity index is 2.67. The lowest BCUT2D eigenvalue weighted by Crippen LogP contribution is -2.61. The molecule has 0 radical (unpaired) electrons. The van der Waals surface area contributed by atoms with Crippen molar-refractivity contribution in [3.8, 4) is 0 Å². The van der Waals surface area contributed by atoms with Crippen molar-refractivity contribution < 1.29 is 14.3 Å². The highest BCUT2D eigenvalue weighted by Gasteiger charge is 2.51. The van der Waals surface area contributed by atoms with E-state index in [1.807, 2.05) is 0 Å². The van der Waals surface area contributed by atoms with Gasteiger partial charge in [0.15, 0.2) is 0 Å². The van der Waals surface area contributed by atoms with Crippen LogP contribution in [0.2, 0.25) is 0 Å². The molecule has 1 unspecified atom stereocenters. The predicted molar refractivity (Wildman–Crippen MR) is 79.8 cm³/mol. The summed E-state index contributed by atoms with van der Waals surface area (Å²) in [6, 6.07) is 0. The predicted octanol–water partition coefficient (Wildman–Crippen LogP) is 1.28. The van der Waals surface area contributed by atoms with Crippen LogP contribution in [0.3, 0.4) is 0 Å². The molecule has 0 spiro atoms. The van der Waals surface area contributed by atoms with E-state index in [0.717, 1.165) is 45.4 Å². The molecule has 1 saturated carbocycles. The summed E-state index contributed by atoms with van der Waals surface area (Å²) in [5.74, 6) is 0.290. The summed E-state index contributed by atoms with van der Waals surface area (Å²) in [6.07, 6.45) is 4.21. The number of ether oxygens (including phenoxy) is 2. The maximum atomic E-state index is 12.4.